The summed E-state index contributed by atoms with van der Waals surface area (Å²) in [4.78, 5) is 2.70. The van der Waals surface area contributed by atoms with Crippen LogP contribution in [0.5, 0.6) is 0 Å². The highest BCUT2D eigenvalue weighted by Crippen LogP contribution is 2.36. The Morgan fingerprint density at radius 1 is 1.11 bits per heavy atom. The smallest absolute Gasteiger partial charge is 0.0348 e. The number of rotatable bonds is 3. The molecule has 0 unspecified atom stereocenters. The second-order valence-electron chi connectivity index (χ2n) is 5.50. The van der Waals surface area contributed by atoms with Crippen LogP contribution in [0.3, 0.4) is 0 Å². The fraction of sp³-hybridized carbons (Fsp3) is 0.375. The molecule has 2 heteroatoms. The summed E-state index contributed by atoms with van der Waals surface area (Å²) in [7, 11) is 0. The van der Waals surface area contributed by atoms with Gasteiger partial charge in [0.15, 0.2) is 0 Å². The summed E-state index contributed by atoms with van der Waals surface area (Å²) in [6, 6.07) is 10.9. The molecule has 0 atom stereocenters. The fourth-order valence-electron chi connectivity index (χ4n) is 1.96. The van der Waals surface area contributed by atoms with Crippen molar-refractivity contribution in [1.82, 2.24) is 0 Å². The first-order chi connectivity index (χ1) is 8.45. The van der Waals surface area contributed by atoms with Gasteiger partial charge in [-0.3, -0.25) is 0 Å². The maximum absolute atomic E-state index is 5.85. The van der Waals surface area contributed by atoms with Gasteiger partial charge in [-0.1, -0.05) is 32.0 Å². The Morgan fingerprint density at radius 2 is 1.83 bits per heavy atom. The van der Waals surface area contributed by atoms with E-state index in [1.165, 1.54) is 26.4 Å². The molecular formula is C16H21NS. The van der Waals surface area contributed by atoms with E-state index in [1.54, 1.807) is 0 Å². The largest absolute Gasteiger partial charge is 0.330 e. The maximum atomic E-state index is 5.85. The van der Waals surface area contributed by atoms with Crippen LogP contribution in [0.4, 0.5) is 0 Å². The van der Waals surface area contributed by atoms with E-state index in [1.807, 2.05) is 11.3 Å². The van der Waals surface area contributed by atoms with Crippen molar-refractivity contribution in [1.29, 1.82) is 0 Å². The van der Waals surface area contributed by atoms with Gasteiger partial charge in [-0.25, -0.2) is 0 Å². The molecule has 96 valence electrons. The lowest BCUT2D eigenvalue weighted by molar-refractivity contribution is 0.550. The molecule has 2 aromatic rings. The van der Waals surface area contributed by atoms with Gasteiger partial charge in [0.1, 0.15) is 0 Å². The molecule has 0 aliphatic carbocycles. The minimum atomic E-state index is 0.0701. The quantitative estimate of drug-likeness (QED) is 0.875. The van der Waals surface area contributed by atoms with E-state index >= 15 is 0 Å². The van der Waals surface area contributed by atoms with Crippen LogP contribution in [0, 0.1) is 13.8 Å². The van der Waals surface area contributed by atoms with Crippen molar-refractivity contribution in [2.45, 2.75) is 33.1 Å². The first-order valence-corrected chi connectivity index (χ1v) is 7.14. The van der Waals surface area contributed by atoms with Gasteiger partial charge in [0.25, 0.3) is 0 Å². The van der Waals surface area contributed by atoms with Gasteiger partial charge in [-0.15, -0.1) is 11.3 Å². The van der Waals surface area contributed by atoms with E-state index < -0.39 is 0 Å². The van der Waals surface area contributed by atoms with Crippen LogP contribution in [0.2, 0.25) is 0 Å². The predicted octanol–water partition coefficient (Wildman–Crippen LogP) is 4.27. The Hall–Kier alpha value is -1.12. The lowest BCUT2D eigenvalue weighted by Crippen LogP contribution is -2.26. The Bertz CT molecular complexity index is 552. The van der Waals surface area contributed by atoms with Crippen LogP contribution < -0.4 is 5.73 Å². The molecule has 2 rings (SSSR count). The van der Waals surface area contributed by atoms with Crippen molar-refractivity contribution in [3.8, 4) is 10.4 Å². The number of thiophene rings is 1. The number of nitrogens with two attached hydrogens (primary N) is 1. The van der Waals surface area contributed by atoms with Crippen molar-refractivity contribution in [2.75, 3.05) is 6.54 Å². The molecule has 0 bridgehead atoms. The summed E-state index contributed by atoms with van der Waals surface area (Å²) in [5, 5.41) is 0. The van der Waals surface area contributed by atoms with Gasteiger partial charge in [-0.05, 0) is 42.7 Å². The molecule has 0 fully saturated rings. The zero-order valence-electron chi connectivity index (χ0n) is 11.6. The van der Waals surface area contributed by atoms with E-state index in [4.69, 9.17) is 5.73 Å². The molecule has 0 saturated carbocycles. The van der Waals surface area contributed by atoms with Crippen LogP contribution in [-0.2, 0) is 5.41 Å². The summed E-state index contributed by atoms with van der Waals surface area (Å²) in [6.45, 7) is 9.44. The van der Waals surface area contributed by atoms with E-state index in [9.17, 15) is 0 Å². The molecule has 18 heavy (non-hydrogen) atoms. The van der Waals surface area contributed by atoms with Crippen LogP contribution in [0.15, 0.2) is 30.3 Å². The van der Waals surface area contributed by atoms with Crippen molar-refractivity contribution in [2.24, 2.45) is 5.73 Å². The highest BCUT2D eigenvalue weighted by molar-refractivity contribution is 7.15. The Labute approximate surface area is 114 Å². The number of aryl methyl sites for hydroxylation is 1. The third-order valence-electron chi connectivity index (χ3n) is 3.65. The van der Waals surface area contributed by atoms with Crippen LogP contribution in [0.1, 0.15) is 29.9 Å². The van der Waals surface area contributed by atoms with Crippen molar-refractivity contribution in [3.05, 3.63) is 46.3 Å². The van der Waals surface area contributed by atoms with Crippen LogP contribution in [0.25, 0.3) is 10.4 Å². The van der Waals surface area contributed by atoms with Gasteiger partial charge in [0.05, 0.1) is 0 Å². The third kappa shape index (κ3) is 2.36. The second-order valence-corrected chi connectivity index (χ2v) is 6.58. The normalized spacial score (nSPS) is 11.8. The summed E-state index contributed by atoms with van der Waals surface area (Å²) >= 11 is 1.86. The third-order valence-corrected chi connectivity index (χ3v) is 5.14. The standard InChI is InChI=1S/C16H21NS/c1-11-6-5-7-13(12(11)2)14-8-9-15(18-14)16(3,4)10-17/h5-9H,10,17H2,1-4H3. The number of hydrogen-bond acceptors (Lipinski definition) is 2. The molecule has 1 aromatic heterocycles. The Morgan fingerprint density at radius 3 is 2.50 bits per heavy atom. The fourth-order valence-corrected chi connectivity index (χ4v) is 3.16. The molecule has 0 amide bonds. The number of hydrogen-bond donors (Lipinski definition) is 1. The van der Waals surface area contributed by atoms with Gasteiger partial charge in [0.2, 0.25) is 0 Å². The van der Waals surface area contributed by atoms with E-state index in [2.05, 4.69) is 58.0 Å². The van der Waals surface area contributed by atoms with Crippen molar-refractivity contribution < 1.29 is 0 Å². The molecule has 1 heterocycles. The molecular weight excluding hydrogens is 238 g/mol. The number of benzene rings is 1. The topological polar surface area (TPSA) is 26.0 Å². The molecule has 0 radical (unpaired) electrons. The van der Waals surface area contributed by atoms with E-state index in [-0.39, 0.29) is 5.41 Å². The predicted molar refractivity (Wildman–Crippen MR) is 81.3 cm³/mol. The zero-order chi connectivity index (χ0) is 13.3. The molecule has 0 aliphatic rings. The molecule has 1 nitrogen and oxygen atoms in total. The zero-order valence-corrected chi connectivity index (χ0v) is 12.4. The van der Waals surface area contributed by atoms with Gasteiger partial charge in [0, 0.05) is 21.7 Å². The highest BCUT2D eigenvalue weighted by Gasteiger charge is 2.21. The van der Waals surface area contributed by atoms with Gasteiger partial charge in [-0.2, -0.15) is 0 Å². The Balaban J connectivity index is 2.45. The molecule has 0 saturated heterocycles. The van der Waals surface area contributed by atoms with Gasteiger partial charge >= 0.3 is 0 Å². The second kappa shape index (κ2) is 4.87. The lowest BCUT2D eigenvalue weighted by Gasteiger charge is -2.20. The lowest BCUT2D eigenvalue weighted by atomic mass is 9.92. The summed E-state index contributed by atoms with van der Waals surface area (Å²) in [5.74, 6) is 0. The maximum Gasteiger partial charge on any atom is 0.0348 e. The average Bonchev–Trinajstić information content (AvgIpc) is 2.82. The summed E-state index contributed by atoms with van der Waals surface area (Å²) < 4.78 is 0. The van der Waals surface area contributed by atoms with Crippen LogP contribution in [-0.4, -0.2) is 6.54 Å². The highest BCUT2D eigenvalue weighted by atomic mass is 32.1. The van der Waals surface area contributed by atoms with Crippen molar-refractivity contribution in [3.63, 3.8) is 0 Å². The van der Waals surface area contributed by atoms with E-state index in [0.717, 1.165) is 0 Å². The summed E-state index contributed by atoms with van der Waals surface area (Å²) in [5.41, 5.74) is 9.98. The van der Waals surface area contributed by atoms with Crippen molar-refractivity contribution >= 4 is 11.3 Å². The minimum Gasteiger partial charge on any atom is -0.330 e. The Kier molecular flexibility index (Phi) is 3.60. The average molecular weight is 259 g/mol. The molecule has 0 spiro atoms. The van der Waals surface area contributed by atoms with Gasteiger partial charge < -0.3 is 5.73 Å². The molecule has 0 aliphatic heterocycles. The first-order valence-electron chi connectivity index (χ1n) is 6.32. The van der Waals surface area contributed by atoms with E-state index in [0.29, 0.717) is 6.54 Å². The SMILES string of the molecule is Cc1cccc(-c2ccc(C(C)(C)CN)s2)c1C. The summed E-state index contributed by atoms with van der Waals surface area (Å²) in [6.07, 6.45) is 0. The van der Waals surface area contributed by atoms with Crippen LogP contribution >= 0.6 is 11.3 Å². The monoisotopic (exact) mass is 259 g/mol. The molecule has 1 aromatic carbocycles. The first kappa shape index (κ1) is 13.3. The molecule has 2 N–H and O–H groups in total. The minimum absolute atomic E-state index is 0.0701.